The minimum absolute atomic E-state index is 0.00210. The van der Waals surface area contributed by atoms with E-state index in [1.807, 2.05) is 51.1 Å². The Labute approximate surface area is 232 Å². The third-order valence-electron chi connectivity index (χ3n) is 6.45. The van der Waals surface area contributed by atoms with Crippen LogP contribution in [0.4, 0.5) is 5.69 Å². The van der Waals surface area contributed by atoms with E-state index in [2.05, 4.69) is 5.32 Å². The molecule has 0 bridgehead atoms. The van der Waals surface area contributed by atoms with E-state index < -0.39 is 16.1 Å². The predicted molar refractivity (Wildman–Crippen MR) is 153 cm³/mol. The van der Waals surface area contributed by atoms with E-state index in [-0.39, 0.29) is 37.2 Å². The molecule has 2 aromatic rings. The van der Waals surface area contributed by atoms with E-state index >= 15 is 0 Å². The fourth-order valence-corrected chi connectivity index (χ4v) is 5.36. The molecule has 10 heteroatoms. The number of nitrogens with zero attached hydrogens (tertiary/aromatic N) is 2. The Morgan fingerprint density at radius 1 is 1.05 bits per heavy atom. The molecular formula is C28H40ClN3O5S. The van der Waals surface area contributed by atoms with E-state index in [1.165, 1.54) is 17.5 Å². The van der Waals surface area contributed by atoms with Gasteiger partial charge in [0.2, 0.25) is 21.8 Å². The van der Waals surface area contributed by atoms with Gasteiger partial charge in [-0.3, -0.25) is 13.9 Å². The van der Waals surface area contributed by atoms with Crippen LogP contribution in [-0.2, 0) is 26.0 Å². The van der Waals surface area contributed by atoms with Gasteiger partial charge in [0.05, 0.1) is 24.1 Å². The number of amides is 2. The number of methoxy groups -OCH3 is 1. The molecule has 2 amide bonds. The van der Waals surface area contributed by atoms with Crippen LogP contribution in [0.2, 0.25) is 5.02 Å². The molecule has 2 aromatic carbocycles. The average Bonchev–Trinajstić information content (AvgIpc) is 2.88. The standard InChI is InChI=1S/C28H40ClN3O5S/c1-6-21(3)30-28(34)25(7-2)31(19-17-22-12-9-8-10-13-22)27(33)14-11-18-32(38(5,35)36)23-15-16-26(37-4)24(29)20-23/h8-10,12-13,15-16,20-21,25H,6-7,11,14,17-19H2,1-5H3,(H,30,34). The van der Waals surface area contributed by atoms with Gasteiger partial charge >= 0.3 is 0 Å². The molecule has 1 N–H and O–H groups in total. The SMILES string of the molecule is CCC(C)NC(=O)C(CC)N(CCc1ccccc1)C(=O)CCCN(c1ccc(OC)c(Cl)c1)S(C)(=O)=O. The molecule has 2 rings (SSSR count). The zero-order chi connectivity index (χ0) is 28.3. The summed E-state index contributed by atoms with van der Waals surface area (Å²) < 4.78 is 31.5. The highest BCUT2D eigenvalue weighted by Crippen LogP contribution is 2.30. The second kappa shape index (κ2) is 15.0. The molecule has 0 radical (unpaired) electrons. The maximum atomic E-state index is 13.5. The summed E-state index contributed by atoms with van der Waals surface area (Å²) in [5.41, 5.74) is 1.47. The van der Waals surface area contributed by atoms with Crippen molar-refractivity contribution in [1.82, 2.24) is 10.2 Å². The molecule has 0 aliphatic carbocycles. The molecule has 2 unspecified atom stereocenters. The summed E-state index contributed by atoms with van der Waals surface area (Å²) in [6.07, 6.45) is 3.36. The lowest BCUT2D eigenvalue weighted by molar-refractivity contribution is -0.141. The largest absolute Gasteiger partial charge is 0.495 e. The molecule has 8 nitrogen and oxygen atoms in total. The number of benzene rings is 2. The molecule has 0 fully saturated rings. The fourth-order valence-electron chi connectivity index (χ4n) is 4.15. The first kappa shape index (κ1) is 31.4. The lowest BCUT2D eigenvalue weighted by atomic mass is 10.1. The summed E-state index contributed by atoms with van der Waals surface area (Å²) >= 11 is 6.22. The first-order valence-electron chi connectivity index (χ1n) is 13.0. The number of carbonyl (C=O) groups is 2. The summed E-state index contributed by atoms with van der Waals surface area (Å²) in [5.74, 6) is 0.0802. The second-order valence-corrected chi connectivity index (χ2v) is 11.6. The van der Waals surface area contributed by atoms with Crippen LogP contribution in [0.1, 0.15) is 52.0 Å². The average molecular weight is 566 g/mol. The maximum Gasteiger partial charge on any atom is 0.243 e. The van der Waals surface area contributed by atoms with E-state index in [0.717, 1.165) is 18.2 Å². The smallest absolute Gasteiger partial charge is 0.243 e. The van der Waals surface area contributed by atoms with Crippen LogP contribution in [0.15, 0.2) is 48.5 Å². The van der Waals surface area contributed by atoms with Crippen molar-refractivity contribution in [3.05, 3.63) is 59.1 Å². The fraction of sp³-hybridized carbons (Fsp3) is 0.500. The zero-order valence-electron chi connectivity index (χ0n) is 22.9. The van der Waals surface area contributed by atoms with Gasteiger partial charge in [-0.15, -0.1) is 0 Å². The maximum absolute atomic E-state index is 13.5. The molecule has 0 aliphatic rings. The van der Waals surface area contributed by atoms with Gasteiger partial charge in [-0.25, -0.2) is 8.42 Å². The summed E-state index contributed by atoms with van der Waals surface area (Å²) in [5, 5.41) is 3.29. The molecule has 0 saturated heterocycles. The number of hydrogen-bond acceptors (Lipinski definition) is 5. The van der Waals surface area contributed by atoms with E-state index in [4.69, 9.17) is 16.3 Å². The van der Waals surface area contributed by atoms with E-state index in [0.29, 0.717) is 35.8 Å². The third-order valence-corrected chi connectivity index (χ3v) is 7.94. The summed E-state index contributed by atoms with van der Waals surface area (Å²) in [4.78, 5) is 28.2. The number of hydrogen-bond donors (Lipinski definition) is 1. The second-order valence-electron chi connectivity index (χ2n) is 9.32. The van der Waals surface area contributed by atoms with Gasteiger partial charge in [-0.1, -0.05) is 55.8 Å². The Bertz CT molecular complexity index is 1160. The quantitative estimate of drug-likeness (QED) is 0.339. The number of rotatable bonds is 15. The summed E-state index contributed by atoms with van der Waals surface area (Å²) in [7, 11) is -2.14. The lowest BCUT2D eigenvalue weighted by Crippen LogP contribution is -2.51. The van der Waals surface area contributed by atoms with E-state index in [1.54, 1.807) is 17.0 Å². The van der Waals surface area contributed by atoms with Crippen molar-refractivity contribution in [2.45, 2.75) is 65.0 Å². The van der Waals surface area contributed by atoms with Crippen molar-refractivity contribution in [3.8, 4) is 5.75 Å². The van der Waals surface area contributed by atoms with Gasteiger partial charge in [-0.05, 0) is 56.4 Å². The highest BCUT2D eigenvalue weighted by molar-refractivity contribution is 7.92. The van der Waals surface area contributed by atoms with Gasteiger partial charge in [0.25, 0.3) is 0 Å². The highest BCUT2D eigenvalue weighted by Gasteiger charge is 2.29. The monoisotopic (exact) mass is 565 g/mol. The molecule has 0 spiro atoms. The number of carbonyl (C=O) groups excluding carboxylic acids is 2. The van der Waals surface area contributed by atoms with Crippen LogP contribution in [0.3, 0.4) is 0 Å². The van der Waals surface area contributed by atoms with Crippen molar-refractivity contribution in [1.29, 1.82) is 0 Å². The Hall–Kier alpha value is -2.78. The summed E-state index contributed by atoms with van der Waals surface area (Å²) in [6, 6.07) is 14.0. The van der Waals surface area contributed by atoms with Gasteiger partial charge < -0.3 is 15.0 Å². The van der Waals surface area contributed by atoms with Crippen molar-refractivity contribution in [3.63, 3.8) is 0 Å². The third kappa shape index (κ3) is 9.20. The van der Waals surface area contributed by atoms with Gasteiger partial charge in [0.1, 0.15) is 11.8 Å². The van der Waals surface area contributed by atoms with Crippen molar-refractivity contribution in [2.75, 3.05) is 30.8 Å². The molecule has 210 valence electrons. The first-order chi connectivity index (χ1) is 18.0. The van der Waals surface area contributed by atoms with Crippen LogP contribution in [0, 0.1) is 0 Å². The molecule has 38 heavy (non-hydrogen) atoms. The Morgan fingerprint density at radius 2 is 1.74 bits per heavy atom. The van der Waals surface area contributed by atoms with Gasteiger partial charge in [0.15, 0.2) is 0 Å². The number of nitrogens with one attached hydrogen (secondary N) is 1. The number of anilines is 1. The minimum atomic E-state index is -3.62. The van der Waals surface area contributed by atoms with Crippen LogP contribution in [0.5, 0.6) is 5.75 Å². The Kier molecular flexibility index (Phi) is 12.4. The number of ether oxygens (including phenoxy) is 1. The van der Waals surface area contributed by atoms with Crippen molar-refractivity contribution < 1.29 is 22.7 Å². The topological polar surface area (TPSA) is 96.0 Å². The highest BCUT2D eigenvalue weighted by atomic mass is 35.5. The molecule has 0 aliphatic heterocycles. The van der Waals surface area contributed by atoms with Crippen molar-refractivity contribution >= 4 is 39.1 Å². The lowest BCUT2D eigenvalue weighted by Gasteiger charge is -2.32. The minimum Gasteiger partial charge on any atom is -0.495 e. The van der Waals surface area contributed by atoms with Gasteiger partial charge in [-0.2, -0.15) is 0 Å². The van der Waals surface area contributed by atoms with Gasteiger partial charge in [0, 0.05) is 25.6 Å². The summed E-state index contributed by atoms with van der Waals surface area (Å²) in [6.45, 7) is 6.30. The molecular weight excluding hydrogens is 526 g/mol. The van der Waals surface area contributed by atoms with E-state index in [9.17, 15) is 18.0 Å². The first-order valence-corrected chi connectivity index (χ1v) is 15.2. The molecule has 2 atom stereocenters. The molecule has 0 aromatic heterocycles. The van der Waals surface area contributed by atoms with Crippen LogP contribution < -0.4 is 14.4 Å². The van der Waals surface area contributed by atoms with Crippen LogP contribution in [0.25, 0.3) is 0 Å². The Morgan fingerprint density at radius 3 is 2.29 bits per heavy atom. The number of sulfonamides is 1. The normalized spacial score (nSPS) is 12.9. The predicted octanol–water partition coefficient (Wildman–Crippen LogP) is 4.66. The number of halogens is 1. The van der Waals surface area contributed by atoms with Crippen LogP contribution >= 0.6 is 11.6 Å². The van der Waals surface area contributed by atoms with Crippen LogP contribution in [-0.4, -0.2) is 63.7 Å². The van der Waals surface area contributed by atoms with Crippen molar-refractivity contribution in [2.24, 2.45) is 0 Å². The zero-order valence-corrected chi connectivity index (χ0v) is 24.5. The molecule has 0 heterocycles. The Balaban J connectivity index is 2.19. The molecule has 0 saturated carbocycles.